The van der Waals surface area contributed by atoms with Gasteiger partial charge in [-0.25, -0.2) is 4.79 Å². The third-order valence-electron chi connectivity index (χ3n) is 3.44. The SMILES string of the molecule is O=C(COC(=O)c1ccccc1)NC[C@@H]1COc2ccccc2O1. The minimum atomic E-state index is -0.531. The fraction of sp³-hybridized carbons (Fsp3) is 0.222. The molecule has 6 nitrogen and oxygen atoms in total. The molecule has 2 aromatic carbocycles. The molecule has 1 aliphatic heterocycles. The van der Waals surface area contributed by atoms with Crippen molar-refractivity contribution < 1.29 is 23.8 Å². The van der Waals surface area contributed by atoms with Gasteiger partial charge in [0.15, 0.2) is 18.1 Å². The molecule has 0 bridgehead atoms. The quantitative estimate of drug-likeness (QED) is 0.848. The second-order valence-corrected chi connectivity index (χ2v) is 5.24. The monoisotopic (exact) mass is 327 g/mol. The average molecular weight is 327 g/mol. The smallest absolute Gasteiger partial charge is 0.338 e. The van der Waals surface area contributed by atoms with E-state index in [0.29, 0.717) is 23.7 Å². The summed E-state index contributed by atoms with van der Waals surface area (Å²) in [5.74, 6) is 0.425. The lowest BCUT2D eigenvalue weighted by Crippen LogP contribution is -2.42. The number of fused-ring (bicyclic) bond motifs is 1. The number of ether oxygens (including phenoxy) is 3. The number of amides is 1. The first-order valence-corrected chi connectivity index (χ1v) is 7.60. The van der Waals surface area contributed by atoms with Crippen LogP contribution in [0.4, 0.5) is 0 Å². The predicted molar refractivity (Wildman–Crippen MR) is 86.1 cm³/mol. The first-order valence-electron chi connectivity index (χ1n) is 7.60. The van der Waals surface area contributed by atoms with Crippen molar-refractivity contribution in [1.82, 2.24) is 5.32 Å². The Morgan fingerprint density at radius 1 is 1.04 bits per heavy atom. The molecule has 1 atom stereocenters. The first kappa shape index (κ1) is 15.9. The number of rotatable bonds is 5. The molecule has 6 heteroatoms. The van der Waals surface area contributed by atoms with Crippen molar-refractivity contribution in [2.24, 2.45) is 0 Å². The van der Waals surface area contributed by atoms with Gasteiger partial charge < -0.3 is 19.5 Å². The van der Waals surface area contributed by atoms with Crippen LogP contribution in [0.15, 0.2) is 54.6 Å². The number of hydrogen-bond acceptors (Lipinski definition) is 5. The molecular formula is C18H17NO5. The minimum absolute atomic E-state index is 0.274. The highest BCUT2D eigenvalue weighted by atomic mass is 16.6. The van der Waals surface area contributed by atoms with Gasteiger partial charge in [-0.1, -0.05) is 30.3 Å². The van der Waals surface area contributed by atoms with E-state index in [1.54, 1.807) is 30.3 Å². The topological polar surface area (TPSA) is 73.9 Å². The van der Waals surface area contributed by atoms with Crippen molar-refractivity contribution in [3.63, 3.8) is 0 Å². The van der Waals surface area contributed by atoms with Crippen molar-refractivity contribution in [3.05, 3.63) is 60.2 Å². The predicted octanol–water partition coefficient (Wildman–Crippen LogP) is 1.80. The lowest BCUT2D eigenvalue weighted by atomic mass is 10.2. The second kappa shape index (κ2) is 7.50. The summed E-state index contributed by atoms with van der Waals surface area (Å²) in [6.07, 6.45) is -0.284. The van der Waals surface area contributed by atoms with E-state index in [-0.39, 0.29) is 25.2 Å². The van der Waals surface area contributed by atoms with Crippen LogP contribution in [-0.2, 0) is 9.53 Å². The van der Waals surface area contributed by atoms with E-state index in [4.69, 9.17) is 14.2 Å². The normalized spacial score (nSPS) is 15.4. The molecule has 124 valence electrons. The van der Waals surface area contributed by atoms with Crippen LogP contribution in [0.3, 0.4) is 0 Å². The fourth-order valence-electron chi connectivity index (χ4n) is 2.23. The summed E-state index contributed by atoms with van der Waals surface area (Å²) in [5.41, 5.74) is 0.408. The van der Waals surface area contributed by atoms with Crippen molar-refractivity contribution >= 4 is 11.9 Å². The molecule has 0 spiro atoms. The van der Waals surface area contributed by atoms with Gasteiger partial charge in [-0.15, -0.1) is 0 Å². The Kier molecular flexibility index (Phi) is 4.96. The number of carbonyl (C=O) groups is 2. The second-order valence-electron chi connectivity index (χ2n) is 5.24. The van der Waals surface area contributed by atoms with Crippen LogP contribution in [0.2, 0.25) is 0 Å². The Bertz CT molecular complexity index is 716. The molecule has 0 aromatic heterocycles. The van der Waals surface area contributed by atoms with Gasteiger partial charge in [0.05, 0.1) is 12.1 Å². The maximum Gasteiger partial charge on any atom is 0.338 e. The zero-order chi connectivity index (χ0) is 16.8. The van der Waals surface area contributed by atoms with E-state index in [9.17, 15) is 9.59 Å². The number of para-hydroxylation sites is 2. The summed E-state index contributed by atoms with van der Waals surface area (Å²) in [5, 5.41) is 2.67. The highest BCUT2D eigenvalue weighted by molar-refractivity contribution is 5.91. The zero-order valence-electron chi connectivity index (χ0n) is 12.9. The largest absolute Gasteiger partial charge is 0.486 e. The summed E-state index contributed by atoms with van der Waals surface area (Å²) in [7, 11) is 0. The van der Waals surface area contributed by atoms with E-state index in [0.717, 1.165) is 0 Å². The molecule has 0 saturated carbocycles. The van der Waals surface area contributed by atoms with Crippen LogP contribution >= 0.6 is 0 Å². The van der Waals surface area contributed by atoms with E-state index >= 15 is 0 Å². The van der Waals surface area contributed by atoms with Crippen LogP contribution in [0.1, 0.15) is 10.4 Å². The molecule has 3 rings (SSSR count). The first-order chi connectivity index (χ1) is 11.7. The summed E-state index contributed by atoms with van der Waals surface area (Å²) in [4.78, 5) is 23.5. The van der Waals surface area contributed by atoms with Crippen molar-refractivity contribution in [2.45, 2.75) is 6.10 Å². The van der Waals surface area contributed by atoms with E-state index in [2.05, 4.69) is 5.32 Å². The molecule has 0 fully saturated rings. The number of hydrogen-bond donors (Lipinski definition) is 1. The van der Waals surface area contributed by atoms with Crippen LogP contribution in [0, 0.1) is 0 Å². The van der Waals surface area contributed by atoms with Gasteiger partial charge in [0.1, 0.15) is 12.7 Å². The number of benzene rings is 2. The molecule has 1 N–H and O–H groups in total. The third-order valence-corrected chi connectivity index (χ3v) is 3.44. The van der Waals surface area contributed by atoms with Gasteiger partial charge in [0.25, 0.3) is 5.91 Å². The standard InChI is InChI=1S/C18H17NO5/c20-17(12-23-18(21)13-6-2-1-3-7-13)19-10-14-11-22-15-8-4-5-9-16(15)24-14/h1-9,14H,10-12H2,(H,19,20)/t14-/m1/s1. The van der Waals surface area contributed by atoms with Crippen molar-refractivity contribution in [1.29, 1.82) is 0 Å². The zero-order valence-corrected chi connectivity index (χ0v) is 12.9. The van der Waals surface area contributed by atoms with Gasteiger partial charge in [-0.3, -0.25) is 4.79 Å². The molecule has 24 heavy (non-hydrogen) atoms. The van der Waals surface area contributed by atoms with Crippen LogP contribution in [0.5, 0.6) is 11.5 Å². The molecule has 1 aliphatic rings. The summed E-state index contributed by atoms with van der Waals surface area (Å²) in [6.45, 7) is 0.287. The Hall–Kier alpha value is -3.02. The van der Waals surface area contributed by atoms with Crippen LogP contribution in [-0.4, -0.2) is 37.7 Å². The third kappa shape index (κ3) is 4.04. The molecule has 0 unspecified atom stereocenters. The van der Waals surface area contributed by atoms with Gasteiger partial charge in [0.2, 0.25) is 0 Å². The lowest BCUT2D eigenvalue weighted by molar-refractivity contribution is -0.124. The van der Waals surface area contributed by atoms with E-state index < -0.39 is 5.97 Å². The Labute approximate surface area is 139 Å². The van der Waals surface area contributed by atoms with Crippen molar-refractivity contribution in [3.8, 4) is 11.5 Å². The minimum Gasteiger partial charge on any atom is -0.486 e. The summed E-state index contributed by atoms with van der Waals surface area (Å²) < 4.78 is 16.3. The fourth-order valence-corrected chi connectivity index (χ4v) is 2.23. The Balaban J connectivity index is 1.41. The van der Waals surface area contributed by atoms with Crippen LogP contribution in [0.25, 0.3) is 0 Å². The maximum atomic E-state index is 11.8. The summed E-state index contributed by atoms with van der Waals surface area (Å²) >= 11 is 0. The highest BCUT2D eigenvalue weighted by Crippen LogP contribution is 2.30. The van der Waals surface area contributed by atoms with Gasteiger partial charge in [-0.05, 0) is 24.3 Å². The summed E-state index contributed by atoms with van der Waals surface area (Å²) in [6, 6.07) is 15.9. The number of esters is 1. The Morgan fingerprint density at radius 2 is 1.75 bits per heavy atom. The molecule has 1 amide bonds. The number of nitrogens with one attached hydrogen (secondary N) is 1. The molecule has 1 heterocycles. The highest BCUT2D eigenvalue weighted by Gasteiger charge is 2.21. The van der Waals surface area contributed by atoms with Gasteiger partial charge in [-0.2, -0.15) is 0 Å². The maximum absolute atomic E-state index is 11.8. The molecule has 2 aromatic rings. The van der Waals surface area contributed by atoms with Crippen molar-refractivity contribution in [2.75, 3.05) is 19.8 Å². The molecule has 0 saturated heterocycles. The van der Waals surface area contributed by atoms with Gasteiger partial charge >= 0.3 is 5.97 Å². The lowest BCUT2D eigenvalue weighted by Gasteiger charge is -2.26. The van der Waals surface area contributed by atoms with E-state index in [1.165, 1.54) is 0 Å². The molecule has 0 radical (unpaired) electrons. The van der Waals surface area contributed by atoms with Crippen LogP contribution < -0.4 is 14.8 Å². The average Bonchev–Trinajstić information content (AvgIpc) is 2.65. The molecular weight excluding hydrogens is 310 g/mol. The number of carbonyl (C=O) groups excluding carboxylic acids is 2. The molecule has 0 aliphatic carbocycles. The Morgan fingerprint density at radius 3 is 2.54 bits per heavy atom. The van der Waals surface area contributed by atoms with E-state index in [1.807, 2.05) is 24.3 Å². The van der Waals surface area contributed by atoms with Gasteiger partial charge in [0, 0.05) is 0 Å².